The zero-order valence-corrected chi connectivity index (χ0v) is 22.1. The summed E-state index contributed by atoms with van der Waals surface area (Å²) in [6.07, 6.45) is 12.3. The standard InChI is InChI=1S/C30H44O4/c1-18(9-8-10-19(2)27(32)33)21-13-15-29(6)22-11-12-25-28(4,5)34-26(31)14-16-30(25,7)24(22)17-23(29)20(21)3/h10,17-18,21-23,25H,3,8-9,11-16H2,1-2,4-7H3,(H,32,33). The second-order valence-corrected chi connectivity index (χ2v) is 12.8. The minimum atomic E-state index is -0.828. The Labute approximate surface area is 205 Å². The topological polar surface area (TPSA) is 63.6 Å². The van der Waals surface area contributed by atoms with Crippen LogP contribution in [0.2, 0.25) is 0 Å². The van der Waals surface area contributed by atoms with Crippen LogP contribution < -0.4 is 0 Å². The molecule has 0 aromatic heterocycles. The lowest BCUT2D eigenvalue weighted by molar-refractivity contribution is -0.162. The van der Waals surface area contributed by atoms with Crippen LogP contribution in [-0.2, 0) is 14.3 Å². The summed E-state index contributed by atoms with van der Waals surface area (Å²) in [5.74, 6) is 1.40. The van der Waals surface area contributed by atoms with Crippen molar-refractivity contribution in [3.8, 4) is 0 Å². The molecule has 0 radical (unpaired) electrons. The average Bonchev–Trinajstić information content (AvgIpc) is 3.02. The van der Waals surface area contributed by atoms with E-state index in [1.807, 2.05) is 6.08 Å². The lowest BCUT2D eigenvalue weighted by atomic mass is 9.51. The number of cyclic esters (lactones) is 1. The number of ether oxygens (including phenoxy) is 1. The predicted molar refractivity (Wildman–Crippen MR) is 135 cm³/mol. The van der Waals surface area contributed by atoms with E-state index in [0.29, 0.717) is 41.6 Å². The Hall–Kier alpha value is -1.84. The quantitative estimate of drug-likeness (QED) is 0.265. The van der Waals surface area contributed by atoms with E-state index < -0.39 is 11.6 Å². The van der Waals surface area contributed by atoms with Gasteiger partial charge in [-0.25, -0.2) is 4.79 Å². The van der Waals surface area contributed by atoms with Gasteiger partial charge in [-0.05, 0) is 94.3 Å². The lowest BCUT2D eigenvalue weighted by Crippen LogP contribution is -2.49. The highest BCUT2D eigenvalue weighted by atomic mass is 16.6. The second-order valence-electron chi connectivity index (χ2n) is 12.8. The third kappa shape index (κ3) is 3.99. The summed E-state index contributed by atoms with van der Waals surface area (Å²) in [4.78, 5) is 23.5. The summed E-state index contributed by atoms with van der Waals surface area (Å²) in [6.45, 7) is 17.8. The van der Waals surface area contributed by atoms with E-state index in [1.165, 1.54) is 24.8 Å². The first-order valence-electron chi connectivity index (χ1n) is 13.3. The Balaban J connectivity index is 1.58. The molecule has 4 nitrogen and oxygen atoms in total. The van der Waals surface area contributed by atoms with E-state index in [1.54, 1.807) is 12.5 Å². The van der Waals surface area contributed by atoms with Gasteiger partial charge in [-0.1, -0.05) is 50.6 Å². The zero-order valence-electron chi connectivity index (χ0n) is 22.1. The molecule has 1 aliphatic heterocycles. The van der Waals surface area contributed by atoms with Gasteiger partial charge in [0.1, 0.15) is 5.60 Å². The first kappa shape index (κ1) is 25.3. The number of fused-ring (bicyclic) bond motifs is 5. The summed E-state index contributed by atoms with van der Waals surface area (Å²) in [5, 5.41) is 9.12. The minimum Gasteiger partial charge on any atom is -0.478 e. The van der Waals surface area contributed by atoms with Crippen molar-refractivity contribution in [2.75, 3.05) is 0 Å². The highest BCUT2D eigenvalue weighted by Gasteiger charge is 2.61. The zero-order chi connectivity index (χ0) is 25.1. The summed E-state index contributed by atoms with van der Waals surface area (Å²) in [7, 11) is 0. The molecule has 1 N–H and O–H groups in total. The Morgan fingerprint density at radius 3 is 2.62 bits per heavy atom. The van der Waals surface area contributed by atoms with Crippen molar-refractivity contribution in [3.63, 3.8) is 0 Å². The van der Waals surface area contributed by atoms with Crippen LogP contribution in [0.15, 0.2) is 35.5 Å². The number of hydrogen-bond donors (Lipinski definition) is 1. The number of carboxylic acids is 1. The molecule has 3 fully saturated rings. The van der Waals surface area contributed by atoms with E-state index in [9.17, 15) is 9.59 Å². The number of aliphatic carboxylic acids is 1. The molecule has 0 aromatic carbocycles. The maximum atomic E-state index is 12.4. The number of allylic oxidation sites excluding steroid dienone is 4. The largest absolute Gasteiger partial charge is 0.478 e. The molecule has 7 atom stereocenters. The smallest absolute Gasteiger partial charge is 0.330 e. The molecule has 4 heteroatoms. The van der Waals surface area contributed by atoms with Crippen molar-refractivity contribution in [1.29, 1.82) is 0 Å². The minimum absolute atomic E-state index is 0.000523. The van der Waals surface area contributed by atoms with Crippen molar-refractivity contribution < 1.29 is 19.4 Å². The van der Waals surface area contributed by atoms with Gasteiger partial charge in [0.05, 0.1) is 0 Å². The van der Waals surface area contributed by atoms with Crippen molar-refractivity contribution in [3.05, 3.63) is 35.5 Å². The highest BCUT2D eigenvalue weighted by molar-refractivity contribution is 5.85. The molecule has 34 heavy (non-hydrogen) atoms. The average molecular weight is 469 g/mol. The Morgan fingerprint density at radius 1 is 1.24 bits per heavy atom. The predicted octanol–water partition coefficient (Wildman–Crippen LogP) is 7.11. The van der Waals surface area contributed by atoms with Gasteiger partial charge in [-0.15, -0.1) is 0 Å². The fourth-order valence-corrected chi connectivity index (χ4v) is 8.44. The van der Waals surface area contributed by atoms with Crippen molar-refractivity contribution in [2.45, 2.75) is 98.5 Å². The highest BCUT2D eigenvalue weighted by Crippen LogP contribution is 2.68. The molecule has 4 rings (SSSR count). The molecule has 0 aromatic rings. The first-order valence-corrected chi connectivity index (χ1v) is 13.3. The van der Waals surface area contributed by atoms with Crippen LogP contribution in [0.5, 0.6) is 0 Å². The monoisotopic (exact) mass is 468 g/mol. The molecule has 0 spiro atoms. The van der Waals surface area contributed by atoms with Crippen molar-refractivity contribution in [2.24, 2.45) is 40.4 Å². The number of hydrogen-bond acceptors (Lipinski definition) is 3. The summed E-state index contributed by atoms with van der Waals surface area (Å²) < 4.78 is 5.94. The van der Waals surface area contributed by atoms with Gasteiger partial charge >= 0.3 is 11.9 Å². The number of carboxylic acid groups (broad SMARTS) is 1. The van der Waals surface area contributed by atoms with E-state index in [4.69, 9.17) is 9.84 Å². The van der Waals surface area contributed by atoms with Gasteiger partial charge in [0.25, 0.3) is 0 Å². The summed E-state index contributed by atoms with van der Waals surface area (Å²) in [6, 6.07) is 0. The lowest BCUT2D eigenvalue weighted by Gasteiger charge is -2.54. The van der Waals surface area contributed by atoms with Crippen molar-refractivity contribution in [1.82, 2.24) is 0 Å². The Bertz CT molecular complexity index is 939. The van der Waals surface area contributed by atoms with Crippen LogP contribution in [-0.4, -0.2) is 22.6 Å². The van der Waals surface area contributed by atoms with E-state index in [-0.39, 0.29) is 16.8 Å². The maximum Gasteiger partial charge on any atom is 0.330 e. The fraction of sp³-hybridized carbons (Fsp3) is 0.733. The van der Waals surface area contributed by atoms with Gasteiger partial charge in [-0.3, -0.25) is 4.79 Å². The van der Waals surface area contributed by atoms with Gasteiger partial charge < -0.3 is 9.84 Å². The molecular weight excluding hydrogens is 424 g/mol. The molecule has 1 heterocycles. The van der Waals surface area contributed by atoms with Crippen LogP contribution in [0.4, 0.5) is 0 Å². The Morgan fingerprint density at radius 2 is 1.94 bits per heavy atom. The third-order valence-corrected chi connectivity index (χ3v) is 10.4. The van der Waals surface area contributed by atoms with Crippen LogP contribution in [0.25, 0.3) is 0 Å². The van der Waals surface area contributed by atoms with Gasteiger partial charge in [-0.2, -0.15) is 0 Å². The molecule has 0 amide bonds. The number of esters is 1. The normalized spacial score (nSPS) is 40.3. The van der Waals surface area contributed by atoms with Crippen molar-refractivity contribution >= 4 is 11.9 Å². The SMILES string of the molecule is C=C1C(C(C)CCC=C(C)C(=O)O)CCC2(C)C1C=C1C2CCC2C(C)(C)OC(=O)CCC12C. The van der Waals surface area contributed by atoms with Crippen LogP contribution >= 0.6 is 0 Å². The van der Waals surface area contributed by atoms with Crippen LogP contribution in [0, 0.1) is 40.4 Å². The molecule has 3 aliphatic carbocycles. The van der Waals surface area contributed by atoms with Gasteiger partial charge in [0.2, 0.25) is 0 Å². The molecular formula is C30H44O4. The Kier molecular flexibility index (Phi) is 6.44. The fourth-order valence-electron chi connectivity index (χ4n) is 8.44. The summed E-state index contributed by atoms with van der Waals surface area (Å²) >= 11 is 0. The maximum absolute atomic E-state index is 12.4. The molecule has 7 unspecified atom stereocenters. The molecule has 2 saturated carbocycles. The number of carbonyl (C=O) groups excluding carboxylic acids is 1. The molecule has 4 aliphatic rings. The van der Waals surface area contributed by atoms with Gasteiger partial charge in [0, 0.05) is 23.8 Å². The van der Waals surface area contributed by atoms with E-state index in [0.717, 1.165) is 25.7 Å². The van der Waals surface area contributed by atoms with Gasteiger partial charge in [0.15, 0.2) is 0 Å². The van der Waals surface area contributed by atoms with Crippen LogP contribution in [0.1, 0.15) is 92.9 Å². The molecule has 0 bridgehead atoms. The number of rotatable bonds is 5. The van der Waals surface area contributed by atoms with Crippen LogP contribution in [0.3, 0.4) is 0 Å². The number of carbonyl (C=O) groups is 2. The first-order chi connectivity index (χ1) is 15.8. The molecule has 188 valence electrons. The second kappa shape index (κ2) is 8.68. The third-order valence-electron chi connectivity index (χ3n) is 10.4. The van der Waals surface area contributed by atoms with E-state index in [2.05, 4.69) is 47.3 Å². The molecule has 1 saturated heterocycles. The summed E-state index contributed by atoms with van der Waals surface area (Å²) in [5.41, 5.74) is 3.18. The van der Waals surface area contributed by atoms with E-state index >= 15 is 0 Å².